The third-order valence-corrected chi connectivity index (χ3v) is 3.71. The lowest BCUT2D eigenvalue weighted by molar-refractivity contribution is -0.137. The van der Waals surface area contributed by atoms with Gasteiger partial charge in [-0.05, 0) is 31.0 Å². The van der Waals surface area contributed by atoms with Crippen LogP contribution in [0.3, 0.4) is 0 Å². The first-order valence-corrected chi connectivity index (χ1v) is 7.40. The third-order valence-electron chi connectivity index (χ3n) is 3.71. The van der Waals surface area contributed by atoms with Gasteiger partial charge in [0.1, 0.15) is 0 Å². The number of amides is 1. The Morgan fingerprint density at radius 1 is 1.32 bits per heavy atom. The first-order chi connectivity index (χ1) is 10.2. The molecule has 0 saturated carbocycles. The van der Waals surface area contributed by atoms with Crippen LogP contribution >= 0.6 is 0 Å². The fraction of sp³-hybridized carbons (Fsp3) is 0.562. The normalized spacial score (nSPS) is 16.0. The Labute approximate surface area is 129 Å². The van der Waals surface area contributed by atoms with Gasteiger partial charge in [-0.1, -0.05) is 32.4 Å². The van der Waals surface area contributed by atoms with Crippen LogP contribution in [0.5, 0.6) is 0 Å². The summed E-state index contributed by atoms with van der Waals surface area (Å²) in [7, 11) is 0. The maximum absolute atomic E-state index is 12.8. The second kappa shape index (κ2) is 7.63. The molecule has 3 N–H and O–H groups in total. The average molecular weight is 316 g/mol. The number of hydrogen-bond acceptors (Lipinski definition) is 2. The maximum Gasteiger partial charge on any atom is 0.416 e. The highest BCUT2D eigenvalue weighted by Gasteiger charge is 2.31. The molecule has 6 heteroatoms. The molecular weight excluding hydrogens is 293 g/mol. The zero-order chi connectivity index (χ0) is 16.9. The zero-order valence-electron chi connectivity index (χ0n) is 13.1. The van der Waals surface area contributed by atoms with E-state index in [9.17, 15) is 18.0 Å². The van der Waals surface area contributed by atoms with Crippen LogP contribution in [0.25, 0.3) is 0 Å². The fourth-order valence-corrected chi connectivity index (χ4v) is 2.08. The Morgan fingerprint density at radius 3 is 2.45 bits per heavy atom. The van der Waals surface area contributed by atoms with Gasteiger partial charge in [0.05, 0.1) is 11.6 Å². The summed E-state index contributed by atoms with van der Waals surface area (Å²) in [5.41, 5.74) is 5.45. The molecule has 1 aromatic rings. The van der Waals surface area contributed by atoms with Crippen molar-refractivity contribution in [2.24, 2.45) is 11.7 Å². The lowest BCUT2D eigenvalue weighted by Gasteiger charge is -2.23. The van der Waals surface area contributed by atoms with Crippen LogP contribution in [0, 0.1) is 5.92 Å². The van der Waals surface area contributed by atoms with Crippen LogP contribution < -0.4 is 11.1 Å². The summed E-state index contributed by atoms with van der Waals surface area (Å²) in [5.74, 6) is -0.643. The number of nitrogens with one attached hydrogen (secondary N) is 1. The molecule has 0 aliphatic heterocycles. The lowest BCUT2D eigenvalue weighted by atomic mass is 9.97. The first-order valence-electron chi connectivity index (χ1n) is 7.40. The van der Waals surface area contributed by atoms with Gasteiger partial charge in [0, 0.05) is 12.0 Å². The largest absolute Gasteiger partial charge is 0.416 e. The van der Waals surface area contributed by atoms with Crippen LogP contribution in [0.15, 0.2) is 24.3 Å². The molecule has 0 heterocycles. The third kappa shape index (κ3) is 5.02. The van der Waals surface area contributed by atoms with Gasteiger partial charge in [-0.25, -0.2) is 0 Å². The molecule has 0 saturated heterocycles. The van der Waals surface area contributed by atoms with E-state index in [1.807, 2.05) is 6.92 Å². The highest BCUT2D eigenvalue weighted by Crippen LogP contribution is 2.31. The zero-order valence-corrected chi connectivity index (χ0v) is 13.1. The molecule has 0 aliphatic carbocycles. The summed E-state index contributed by atoms with van der Waals surface area (Å²) in [6.45, 7) is 5.35. The molecule has 0 spiro atoms. The van der Waals surface area contributed by atoms with E-state index in [-0.39, 0.29) is 11.9 Å². The minimum Gasteiger partial charge on any atom is -0.349 e. The van der Waals surface area contributed by atoms with Gasteiger partial charge in [-0.3, -0.25) is 4.79 Å². The van der Waals surface area contributed by atoms with E-state index in [0.29, 0.717) is 12.0 Å². The van der Waals surface area contributed by atoms with E-state index < -0.39 is 23.7 Å². The number of halogens is 3. The number of carbonyl (C=O) groups excluding carboxylic acids is 1. The quantitative estimate of drug-likeness (QED) is 0.842. The van der Waals surface area contributed by atoms with Gasteiger partial charge < -0.3 is 11.1 Å². The highest BCUT2D eigenvalue weighted by atomic mass is 19.4. The van der Waals surface area contributed by atoms with Crippen molar-refractivity contribution in [3.05, 3.63) is 35.4 Å². The van der Waals surface area contributed by atoms with Gasteiger partial charge in [-0.2, -0.15) is 13.2 Å². The molecule has 0 aliphatic rings. The van der Waals surface area contributed by atoms with Crippen LogP contribution in [-0.4, -0.2) is 11.9 Å². The molecule has 1 amide bonds. The number of benzene rings is 1. The molecule has 124 valence electrons. The van der Waals surface area contributed by atoms with Gasteiger partial charge in [0.15, 0.2) is 0 Å². The fourth-order valence-electron chi connectivity index (χ4n) is 2.08. The lowest BCUT2D eigenvalue weighted by Crippen LogP contribution is -2.40. The molecule has 0 bridgehead atoms. The van der Waals surface area contributed by atoms with Crippen molar-refractivity contribution in [3.8, 4) is 0 Å². The van der Waals surface area contributed by atoms with E-state index >= 15 is 0 Å². The molecule has 1 rings (SSSR count). The standard InChI is InChI=1S/C16H23F3N2O/c1-4-6-14(21-15(22)10(2)11(3)20)12-7-5-8-13(9-12)16(17,18)19/h5,7-11,14H,4,6,20H2,1-3H3,(H,21,22). The van der Waals surface area contributed by atoms with Gasteiger partial charge >= 0.3 is 6.18 Å². The predicted molar refractivity (Wildman–Crippen MR) is 80.0 cm³/mol. The van der Waals surface area contributed by atoms with Crippen LogP contribution in [-0.2, 0) is 11.0 Å². The first kappa shape index (κ1) is 18.5. The van der Waals surface area contributed by atoms with Crippen molar-refractivity contribution in [2.45, 2.75) is 51.9 Å². The second-order valence-corrected chi connectivity index (χ2v) is 5.62. The minimum absolute atomic E-state index is 0.245. The van der Waals surface area contributed by atoms with Gasteiger partial charge in [-0.15, -0.1) is 0 Å². The molecule has 3 nitrogen and oxygen atoms in total. The summed E-state index contributed by atoms with van der Waals surface area (Å²) in [6.07, 6.45) is -3.08. The minimum atomic E-state index is -4.39. The van der Waals surface area contributed by atoms with Crippen molar-refractivity contribution in [1.82, 2.24) is 5.32 Å². The summed E-state index contributed by atoms with van der Waals surface area (Å²) >= 11 is 0. The van der Waals surface area contributed by atoms with E-state index in [4.69, 9.17) is 5.73 Å². The van der Waals surface area contributed by atoms with E-state index in [1.54, 1.807) is 19.9 Å². The Bertz CT molecular complexity index is 500. The van der Waals surface area contributed by atoms with Crippen molar-refractivity contribution in [1.29, 1.82) is 0 Å². The Hall–Kier alpha value is -1.56. The van der Waals surface area contributed by atoms with Crippen LogP contribution in [0.4, 0.5) is 13.2 Å². The summed E-state index contributed by atoms with van der Waals surface area (Å²) in [6, 6.07) is 4.33. The van der Waals surface area contributed by atoms with Gasteiger partial charge in [0.25, 0.3) is 0 Å². The molecule has 0 radical (unpaired) electrons. The Morgan fingerprint density at radius 2 is 1.95 bits per heavy atom. The van der Waals surface area contributed by atoms with Gasteiger partial charge in [0.2, 0.25) is 5.91 Å². The number of nitrogens with two attached hydrogens (primary N) is 1. The molecule has 1 aromatic carbocycles. The smallest absolute Gasteiger partial charge is 0.349 e. The monoisotopic (exact) mass is 316 g/mol. The second-order valence-electron chi connectivity index (χ2n) is 5.62. The van der Waals surface area contributed by atoms with E-state index in [2.05, 4.69) is 5.32 Å². The Kier molecular flexibility index (Phi) is 6.41. The van der Waals surface area contributed by atoms with Crippen LogP contribution in [0.2, 0.25) is 0 Å². The Balaban J connectivity index is 2.98. The number of alkyl halides is 3. The number of rotatable bonds is 6. The van der Waals surface area contributed by atoms with E-state index in [0.717, 1.165) is 18.6 Å². The number of carbonyl (C=O) groups is 1. The molecule has 3 unspecified atom stereocenters. The SMILES string of the molecule is CCCC(NC(=O)C(C)C(C)N)c1cccc(C(F)(F)F)c1. The topological polar surface area (TPSA) is 55.1 Å². The summed E-state index contributed by atoms with van der Waals surface area (Å²) in [5, 5.41) is 2.81. The average Bonchev–Trinajstić information content (AvgIpc) is 2.45. The van der Waals surface area contributed by atoms with Crippen molar-refractivity contribution >= 4 is 5.91 Å². The number of hydrogen-bond donors (Lipinski definition) is 2. The van der Waals surface area contributed by atoms with Crippen LogP contribution in [0.1, 0.15) is 50.8 Å². The predicted octanol–water partition coefficient (Wildman–Crippen LogP) is 3.65. The maximum atomic E-state index is 12.8. The molecule has 0 aromatic heterocycles. The van der Waals surface area contributed by atoms with Crippen molar-refractivity contribution in [3.63, 3.8) is 0 Å². The molecular formula is C16H23F3N2O. The van der Waals surface area contributed by atoms with E-state index in [1.165, 1.54) is 6.07 Å². The molecule has 0 fully saturated rings. The summed E-state index contributed by atoms with van der Waals surface area (Å²) < 4.78 is 38.4. The summed E-state index contributed by atoms with van der Waals surface area (Å²) in [4.78, 5) is 12.1. The molecule has 3 atom stereocenters. The van der Waals surface area contributed by atoms with Crippen molar-refractivity contribution in [2.75, 3.05) is 0 Å². The highest BCUT2D eigenvalue weighted by molar-refractivity contribution is 5.79. The van der Waals surface area contributed by atoms with Crippen molar-refractivity contribution < 1.29 is 18.0 Å². The molecule has 22 heavy (non-hydrogen) atoms.